The van der Waals surface area contributed by atoms with Gasteiger partial charge in [-0.1, -0.05) is 6.92 Å². The lowest BCUT2D eigenvalue weighted by Gasteiger charge is -2.22. The van der Waals surface area contributed by atoms with Gasteiger partial charge in [0.2, 0.25) is 0 Å². The fourth-order valence-electron chi connectivity index (χ4n) is 1.40. The van der Waals surface area contributed by atoms with E-state index in [2.05, 4.69) is 5.32 Å². The van der Waals surface area contributed by atoms with E-state index in [1.807, 2.05) is 27.7 Å². The van der Waals surface area contributed by atoms with Crippen LogP contribution >= 0.6 is 0 Å². The van der Waals surface area contributed by atoms with E-state index >= 15 is 0 Å². The maximum Gasteiger partial charge on any atom is 0.407 e. The van der Waals surface area contributed by atoms with Gasteiger partial charge in [-0.15, -0.1) is 0 Å². The predicted octanol–water partition coefficient (Wildman–Crippen LogP) is 1.51. The number of amides is 1. The minimum atomic E-state index is -0.474. The van der Waals surface area contributed by atoms with Gasteiger partial charge >= 0.3 is 6.09 Å². The molecule has 0 bridgehead atoms. The first-order valence-electron chi connectivity index (χ1n) is 6.32. The summed E-state index contributed by atoms with van der Waals surface area (Å²) in [7, 11) is 0. The van der Waals surface area contributed by atoms with Crippen LogP contribution in [0.2, 0.25) is 0 Å². The molecule has 0 aromatic rings. The quantitative estimate of drug-likeness (QED) is 0.382. The molecule has 0 aliphatic carbocycles. The van der Waals surface area contributed by atoms with E-state index in [1.54, 1.807) is 4.90 Å². The molecule has 0 saturated heterocycles. The lowest BCUT2D eigenvalue weighted by atomic mass is 10.2. The van der Waals surface area contributed by atoms with Crippen molar-refractivity contribution in [2.75, 3.05) is 19.6 Å². The minimum Gasteiger partial charge on any atom is -0.444 e. The van der Waals surface area contributed by atoms with Crippen molar-refractivity contribution >= 4 is 12.1 Å². The van der Waals surface area contributed by atoms with Gasteiger partial charge in [-0.25, -0.2) is 4.79 Å². The number of nitrogens with one attached hydrogen (secondary N) is 2. The fraction of sp³-hybridized carbons (Fsp3) is 0.833. The van der Waals surface area contributed by atoms with Crippen LogP contribution in [0.25, 0.3) is 0 Å². The number of hydrogen-bond acceptors (Lipinski definition) is 3. The monoisotopic (exact) mass is 258 g/mol. The number of alkyl carbamates (subject to hydrolysis) is 1. The Balaban J connectivity index is 3.78. The summed E-state index contributed by atoms with van der Waals surface area (Å²) in [6.07, 6.45) is 1.27. The standard InChI is InChI=1S/C12H26N4O2/c1-5-8-16(10(13)14)9-6-7-15-11(17)18-12(2,3)4/h5-9H2,1-4H3,(H3,13,14)(H,15,17). The highest BCUT2D eigenvalue weighted by Gasteiger charge is 2.15. The van der Waals surface area contributed by atoms with Crippen LogP contribution in [-0.4, -0.2) is 42.2 Å². The molecule has 0 unspecified atom stereocenters. The van der Waals surface area contributed by atoms with Crippen LogP contribution in [0.4, 0.5) is 4.79 Å². The summed E-state index contributed by atoms with van der Waals surface area (Å²) < 4.78 is 5.11. The smallest absolute Gasteiger partial charge is 0.407 e. The minimum absolute atomic E-state index is 0.0779. The summed E-state index contributed by atoms with van der Waals surface area (Å²) in [5.41, 5.74) is 4.97. The second-order valence-electron chi connectivity index (χ2n) is 5.15. The van der Waals surface area contributed by atoms with E-state index in [9.17, 15) is 4.79 Å². The summed E-state index contributed by atoms with van der Waals surface area (Å²) in [5, 5.41) is 10.1. The van der Waals surface area contributed by atoms with Crippen LogP contribution in [-0.2, 0) is 4.74 Å². The third kappa shape index (κ3) is 8.66. The number of nitrogens with two attached hydrogens (primary N) is 1. The molecule has 1 amide bonds. The zero-order chi connectivity index (χ0) is 14.2. The van der Waals surface area contributed by atoms with Crippen molar-refractivity contribution in [1.82, 2.24) is 10.2 Å². The fourth-order valence-corrected chi connectivity index (χ4v) is 1.40. The molecular formula is C12H26N4O2. The van der Waals surface area contributed by atoms with E-state index in [-0.39, 0.29) is 5.96 Å². The molecule has 106 valence electrons. The summed E-state index contributed by atoms with van der Waals surface area (Å²) in [4.78, 5) is 13.1. The van der Waals surface area contributed by atoms with Gasteiger partial charge in [0, 0.05) is 19.6 Å². The van der Waals surface area contributed by atoms with E-state index in [1.165, 1.54) is 0 Å². The maximum atomic E-state index is 11.3. The Labute approximate surface area is 109 Å². The first kappa shape index (κ1) is 16.5. The van der Waals surface area contributed by atoms with E-state index in [4.69, 9.17) is 15.9 Å². The van der Waals surface area contributed by atoms with E-state index in [0.717, 1.165) is 19.4 Å². The van der Waals surface area contributed by atoms with Crippen LogP contribution in [0, 0.1) is 5.41 Å². The Morgan fingerprint density at radius 3 is 2.44 bits per heavy atom. The van der Waals surface area contributed by atoms with Crippen molar-refractivity contribution in [3.8, 4) is 0 Å². The second-order valence-corrected chi connectivity index (χ2v) is 5.15. The second kappa shape index (κ2) is 7.79. The van der Waals surface area contributed by atoms with Crippen molar-refractivity contribution in [3.63, 3.8) is 0 Å². The van der Waals surface area contributed by atoms with Crippen LogP contribution < -0.4 is 11.1 Å². The van der Waals surface area contributed by atoms with Gasteiger partial charge in [0.15, 0.2) is 5.96 Å². The molecule has 0 aromatic carbocycles. The molecule has 6 nitrogen and oxygen atoms in total. The van der Waals surface area contributed by atoms with Crippen LogP contribution in [0.5, 0.6) is 0 Å². The average Bonchev–Trinajstić information content (AvgIpc) is 2.19. The number of carbonyl (C=O) groups excluding carboxylic acids is 1. The Hall–Kier alpha value is -1.46. The average molecular weight is 258 g/mol. The summed E-state index contributed by atoms with van der Waals surface area (Å²) in [6, 6.07) is 0. The van der Waals surface area contributed by atoms with E-state index < -0.39 is 11.7 Å². The van der Waals surface area contributed by atoms with Gasteiger partial charge in [0.1, 0.15) is 5.60 Å². The molecule has 0 spiro atoms. The van der Waals surface area contributed by atoms with Crippen LogP contribution in [0.15, 0.2) is 0 Å². The van der Waals surface area contributed by atoms with Crippen LogP contribution in [0.1, 0.15) is 40.5 Å². The number of nitrogens with zero attached hydrogens (tertiary/aromatic N) is 1. The SMILES string of the molecule is CCCN(CCCNC(=O)OC(C)(C)C)C(=N)N. The van der Waals surface area contributed by atoms with Crippen molar-refractivity contribution in [2.24, 2.45) is 5.73 Å². The van der Waals surface area contributed by atoms with E-state index in [0.29, 0.717) is 13.1 Å². The number of rotatable bonds is 6. The zero-order valence-electron chi connectivity index (χ0n) is 11.9. The maximum absolute atomic E-state index is 11.3. The molecule has 18 heavy (non-hydrogen) atoms. The molecule has 0 radical (unpaired) electrons. The highest BCUT2D eigenvalue weighted by molar-refractivity contribution is 5.74. The van der Waals surface area contributed by atoms with Crippen LogP contribution in [0.3, 0.4) is 0 Å². The van der Waals surface area contributed by atoms with Gasteiger partial charge < -0.3 is 20.7 Å². The Bertz CT molecular complexity index is 274. The largest absolute Gasteiger partial charge is 0.444 e. The molecule has 0 saturated carbocycles. The highest BCUT2D eigenvalue weighted by atomic mass is 16.6. The first-order valence-corrected chi connectivity index (χ1v) is 6.32. The number of guanidine groups is 1. The van der Waals surface area contributed by atoms with Gasteiger partial charge in [0.25, 0.3) is 0 Å². The molecule has 0 rings (SSSR count). The van der Waals surface area contributed by atoms with Gasteiger partial charge in [-0.3, -0.25) is 5.41 Å². The third-order valence-electron chi connectivity index (χ3n) is 2.11. The predicted molar refractivity (Wildman–Crippen MR) is 72.6 cm³/mol. The van der Waals surface area contributed by atoms with Gasteiger partial charge in [0.05, 0.1) is 0 Å². The number of ether oxygens (including phenoxy) is 1. The summed E-state index contributed by atoms with van der Waals surface area (Å²) in [5.74, 6) is 0.0779. The molecule has 4 N–H and O–H groups in total. The molecule has 0 heterocycles. The van der Waals surface area contributed by atoms with Crippen molar-refractivity contribution in [1.29, 1.82) is 5.41 Å². The topological polar surface area (TPSA) is 91.4 Å². The van der Waals surface area contributed by atoms with Gasteiger partial charge in [-0.05, 0) is 33.6 Å². The normalized spacial score (nSPS) is 10.9. The lowest BCUT2D eigenvalue weighted by Crippen LogP contribution is -2.39. The molecular weight excluding hydrogens is 232 g/mol. The molecule has 0 aromatic heterocycles. The molecule has 6 heteroatoms. The lowest BCUT2D eigenvalue weighted by molar-refractivity contribution is 0.0526. The summed E-state index contributed by atoms with van der Waals surface area (Å²) >= 11 is 0. The van der Waals surface area contributed by atoms with Gasteiger partial charge in [-0.2, -0.15) is 0 Å². The molecule has 0 fully saturated rings. The first-order chi connectivity index (χ1) is 8.26. The number of hydrogen-bond donors (Lipinski definition) is 3. The molecule has 0 atom stereocenters. The molecule has 0 aliphatic heterocycles. The van der Waals surface area contributed by atoms with Crippen molar-refractivity contribution in [3.05, 3.63) is 0 Å². The Morgan fingerprint density at radius 1 is 1.39 bits per heavy atom. The third-order valence-corrected chi connectivity index (χ3v) is 2.11. The van der Waals surface area contributed by atoms with Crippen molar-refractivity contribution in [2.45, 2.75) is 46.1 Å². The Kier molecular flexibility index (Phi) is 7.16. The number of carbonyl (C=O) groups is 1. The van der Waals surface area contributed by atoms with Crippen molar-refractivity contribution < 1.29 is 9.53 Å². The molecule has 0 aliphatic rings. The zero-order valence-corrected chi connectivity index (χ0v) is 11.9. The Morgan fingerprint density at radius 2 is 2.00 bits per heavy atom. The highest BCUT2D eigenvalue weighted by Crippen LogP contribution is 2.06. The summed E-state index contributed by atoms with van der Waals surface area (Å²) in [6.45, 7) is 9.46.